The Balaban J connectivity index is 1.82. The van der Waals surface area contributed by atoms with Crippen LogP contribution in [0.5, 0.6) is 0 Å². The molecular formula is C19H23F2NO2. The van der Waals surface area contributed by atoms with Crippen molar-refractivity contribution in [3.8, 4) is 0 Å². The third-order valence-corrected chi connectivity index (χ3v) is 7.47. The summed E-state index contributed by atoms with van der Waals surface area (Å²) in [5.41, 5.74) is 4.62. The standard InChI is InChI=1S/C19H23F2NO2/c1-18-6-5-11-9(10(18)3-4-14(18)23)7-12(20)15-16(22)17(24)13(21)8-19(11,15)2/h8-12H,3-7,22H2,1-2H3/t9-,10-,11-,12-,18-,19+/m0/s1. The molecular weight excluding hydrogens is 312 g/mol. The van der Waals surface area contributed by atoms with Crippen molar-refractivity contribution in [2.24, 2.45) is 34.3 Å². The van der Waals surface area contributed by atoms with E-state index in [0.29, 0.717) is 6.42 Å². The van der Waals surface area contributed by atoms with Crippen LogP contribution < -0.4 is 5.73 Å². The third-order valence-electron chi connectivity index (χ3n) is 7.47. The molecule has 0 amide bonds. The van der Waals surface area contributed by atoms with Gasteiger partial charge in [-0.1, -0.05) is 13.8 Å². The quantitative estimate of drug-likeness (QED) is 0.738. The van der Waals surface area contributed by atoms with Crippen molar-refractivity contribution in [3.05, 3.63) is 23.2 Å². The van der Waals surface area contributed by atoms with E-state index >= 15 is 4.39 Å². The highest BCUT2D eigenvalue weighted by Crippen LogP contribution is 2.64. The molecule has 0 heterocycles. The Morgan fingerprint density at radius 3 is 2.62 bits per heavy atom. The molecule has 3 saturated carbocycles. The molecule has 0 aromatic heterocycles. The molecule has 3 fully saturated rings. The maximum atomic E-state index is 15.0. The van der Waals surface area contributed by atoms with Gasteiger partial charge in [-0.15, -0.1) is 0 Å². The van der Waals surface area contributed by atoms with E-state index < -0.39 is 23.2 Å². The maximum Gasteiger partial charge on any atom is 0.236 e. The number of hydrogen-bond acceptors (Lipinski definition) is 3. The Kier molecular flexibility index (Phi) is 3.17. The number of rotatable bonds is 0. The van der Waals surface area contributed by atoms with E-state index in [-0.39, 0.29) is 46.6 Å². The Bertz CT molecular complexity index is 712. The van der Waals surface area contributed by atoms with Crippen LogP contribution in [0.4, 0.5) is 8.78 Å². The summed E-state index contributed by atoms with van der Waals surface area (Å²) in [5.74, 6) is -1.27. The molecule has 0 aliphatic heterocycles. The smallest absolute Gasteiger partial charge is 0.236 e. The monoisotopic (exact) mass is 335 g/mol. The highest BCUT2D eigenvalue weighted by atomic mass is 19.1. The van der Waals surface area contributed by atoms with Gasteiger partial charge < -0.3 is 5.73 Å². The number of alkyl halides is 1. The molecule has 0 unspecified atom stereocenters. The van der Waals surface area contributed by atoms with E-state index in [4.69, 9.17) is 5.73 Å². The summed E-state index contributed by atoms with van der Waals surface area (Å²) in [7, 11) is 0. The summed E-state index contributed by atoms with van der Waals surface area (Å²) < 4.78 is 29.2. The fourth-order valence-corrected chi connectivity index (χ4v) is 6.25. The first-order chi connectivity index (χ1) is 11.2. The van der Waals surface area contributed by atoms with Crippen LogP contribution in [0, 0.1) is 28.6 Å². The molecule has 0 spiro atoms. The van der Waals surface area contributed by atoms with E-state index in [0.717, 1.165) is 19.3 Å². The molecule has 0 radical (unpaired) electrons. The van der Waals surface area contributed by atoms with Crippen molar-refractivity contribution < 1.29 is 18.4 Å². The summed E-state index contributed by atoms with van der Waals surface area (Å²) in [4.78, 5) is 24.2. The first-order valence-electron chi connectivity index (χ1n) is 8.80. The number of Topliss-reactive ketones (excluding diaryl/α,β-unsaturated/α-hetero) is 2. The van der Waals surface area contributed by atoms with E-state index in [1.54, 1.807) is 0 Å². The molecule has 0 saturated heterocycles. The largest absolute Gasteiger partial charge is 0.395 e. The van der Waals surface area contributed by atoms with Crippen molar-refractivity contribution in [2.45, 2.75) is 52.1 Å². The van der Waals surface area contributed by atoms with Crippen molar-refractivity contribution in [2.75, 3.05) is 0 Å². The van der Waals surface area contributed by atoms with Crippen LogP contribution in [0.25, 0.3) is 0 Å². The van der Waals surface area contributed by atoms with Gasteiger partial charge in [0.15, 0.2) is 5.83 Å². The van der Waals surface area contributed by atoms with Crippen LogP contribution in [0.2, 0.25) is 0 Å². The number of carbonyl (C=O) groups is 2. The first kappa shape index (κ1) is 16.0. The predicted molar refractivity (Wildman–Crippen MR) is 85.1 cm³/mol. The molecule has 3 nitrogen and oxygen atoms in total. The highest BCUT2D eigenvalue weighted by molar-refractivity contribution is 6.08. The molecule has 130 valence electrons. The Morgan fingerprint density at radius 2 is 1.92 bits per heavy atom. The average Bonchev–Trinajstić information content (AvgIpc) is 2.80. The van der Waals surface area contributed by atoms with Gasteiger partial charge in [0.05, 0.1) is 5.70 Å². The number of nitrogens with two attached hydrogens (primary N) is 1. The summed E-state index contributed by atoms with van der Waals surface area (Å²) in [6.45, 7) is 3.82. The van der Waals surface area contributed by atoms with E-state index in [2.05, 4.69) is 0 Å². The molecule has 4 aliphatic rings. The van der Waals surface area contributed by atoms with Crippen LogP contribution in [0.3, 0.4) is 0 Å². The van der Waals surface area contributed by atoms with Gasteiger partial charge >= 0.3 is 0 Å². The van der Waals surface area contributed by atoms with Crippen molar-refractivity contribution in [1.29, 1.82) is 0 Å². The maximum absolute atomic E-state index is 15.0. The van der Waals surface area contributed by atoms with Gasteiger partial charge in [-0.05, 0) is 49.5 Å². The highest BCUT2D eigenvalue weighted by Gasteiger charge is 2.61. The lowest BCUT2D eigenvalue weighted by Crippen LogP contribution is -2.53. The number of hydrogen-bond donors (Lipinski definition) is 1. The summed E-state index contributed by atoms with van der Waals surface area (Å²) >= 11 is 0. The summed E-state index contributed by atoms with van der Waals surface area (Å²) in [6, 6.07) is 0. The van der Waals surface area contributed by atoms with E-state index in [9.17, 15) is 14.0 Å². The fourth-order valence-electron chi connectivity index (χ4n) is 6.25. The first-order valence-corrected chi connectivity index (χ1v) is 8.80. The summed E-state index contributed by atoms with van der Waals surface area (Å²) in [5, 5.41) is 0. The van der Waals surface area contributed by atoms with Crippen molar-refractivity contribution >= 4 is 11.6 Å². The lowest BCUT2D eigenvalue weighted by molar-refractivity contribution is -0.132. The lowest BCUT2D eigenvalue weighted by atomic mass is 9.48. The summed E-state index contributed by atoms with van der Waals surface area (Å²) in [6.07, 6.45) is 3.07. The van der Waals surface area contributed by atoms with Gasteiger partial charge in [-0.2, -0.15) is 0 Å². The SMILES string of the molecule is C[C@]12C=C(F)C(=O)C(N)=C1[C@@H](F)C[C@@H]1[C@@H]2CC[C@]2(C)C(=O)CC[C@@H]12. The zero-order valence-corrected chi connectivity index (χ0v) is 14.1. The van der Waals surface area contributed by atoms with E-state index in [1.165, 1.54) is 6.08 Å². The second kappa shape index (κ2) is 4.77. The minimum atomic E-state index is -1.34. The van der Waals surface area contributed by atoms with Crippen LogP contribution in [0.1, 0.15) is 46.0 Å². The van der Waals surface area contributed by atoms with Crippen molar-refractivity contribution in [1.82, 2.24) is 0 Å². The zero-order valence-electron chi connectivity index (χ0n) is 14.1. The van der Waals surface area contributed by atoms with Gasteiger partial charge in [0.1, 0.15) is 12.0 Å². The lowest BCUT2D eigenvalue weighted by Gasteiger charge is -2.56. The number of allylic oxidation sites excluding steroid dienone is 3. The van der Waals surface area contributed by atoms with Gasteiger partial charge in [-0.3, -0.25) is 9.59 Å². The normalized spacial score (nSPS) is 47.9. The van der Waals surface area contributed by atoms with Crippen LogP contribution in [-0.4, -0.2) is 17.7 Å². The van der Waals surface area contributed by atoms with Crippen LogP contribution in [0.15, 0.2) is 23.2 Å². The van der Waals surface area contributed by atoms with Crippen molar-refractivity contribution in [3.63, 3.8) is 0 Å². The van der Waals surface area contributed by atoms with E-state index in [1.807, 2.05) is 13.8 Å². The predicted octanol–water partition coefficient (Wildman–Crippen LogP) is 3.40. The molecule has 6 atom stereocenters. The van der Waals surface area contributed by atoms with Crippen LogP contribution >= 0.6 is 0 Å². The average molecular weight is 335 g/mol. The van der Waals surface area contributed by atoms with Gasteiger partial charge in [0, 0.05) is 22.8 Å². The number of fused-ring (bicyclic) bond motifs is 5. The second-order valence-electron chi connectivity index (χ2n) is 8.43. The van der Waals surface area contributed by atoms with Crippen LogP contribution in [-0.2, 0) is 9.59 Å². The van der Waals surface area contributed by atoms with Gasteiger partial charge in [-0.25, -0.2) is 8.78 Å². The molecule has 5 heteroatoms. The fraction of sp³-hybridized carbons (Fsp3) is 0.684. The molecule has 4 rings (SSSR count). The molecule has 0 aromatic rings. The Hall–Kier alpha value is -1.52. The molecule has 2 N–H and O–H groups in total. The number of halogens is 2. The second-order valence-corrected chi connectivity index (χ2v) is 8.43. The minimum absolute atomic E-state index is 0.0286. The molecule has 0 bridgehead atoms. The number of carbonyl (C=O) groups excluding carboxylic acids is 2. The third kappa shape index (κ3) is 1.76. The zero-order chi connectivity index (χ0) is 17.4. The number of ketones is 2. The molecule has 0 aromatic carbocycles. The van der Waals surface area contributed by atoms with Gasteiger partial charge in [0.25, 0.3) is 0 Å². The Morgan fingerprint density at radius 1 is 1.21 bits per heavy atom. The minimum Gasteiger partial charge on any atom is -0.395 e. The Labute approximate surface area is 140 Å². The molecule has 4 aliphatic carbocycles. The van der Waals surface area contributed by atoms with Gasteiger partial charge in [0.2, 0.25) is 5.78 Å². The topological polar surface area (TPSA) is 60.2 Å². The molecule has 24 heavy (non-hydrogen) atoms.